The van der Waals surface area contributed by atoms with Crippen LogP contribution in [0, 0.1) is 6.92 Å². The topological polar surface area (TPSA) is 59.0 Å². The van der Waals surface area contributed by atoms with E-state index in [1.807, 2.05) is 25.1 Å². The van der Waals surface area contributed by atoms with Gasteiger partial charge in [0, 0.05) is 4.88 Å². The van der Waals surface area contributed by atoms with Crippen molar-refractivity contribution in [2.45, 2.75) is 45.2 Å². The fraction of sp³-hybridized carbons (Fsp3) is 0.476. The lowest BCUT2D eigenvalue weighted by Gasteiger charge is -2.39. The second-order valence-electron chi connectivity index (χ2n) is 6.86. The second-order valence-corrected chi connectivity index (χ2v) is 7.80. The van der Waals surface area contributed by atoms with Crippen LogP contribution in [-0.4, -0.2) is 42.3 Å². The minimum atomic E-state index is -0.745. The Balaban J connectivity index is 2.06. The van der Waals surface area contributed by atoms with Crippen LogP contribution in [0.5, 0.6) is 11.5 Å². The Morgan fingerprint density at radius 3 is 2.78 bits per heavy atom. The molecule has 1 aliphatic heterocycles. The molecule has 1 aromatic carbocycles. The molecule has 0 bridgehead atoms. The molecule has 6 heteroatoms. The number of hydrogen-bond donors (Lipinski definition) is 1. The van der Waals surface area contributed by atoms with Crippen LogP contribution in [0.3, 0.4) is 0 Å². The Labute approximate surface area is 164 Å². The number of aryl methyl sites for hydroxylation is 1. The number of carbonyl (C=O) groups is 1. The van der Waals surface area contributed by atoms with E-state index in [2.05, 4.69) is 23.3 Å². The summed E-state index contributed by atoms with van der Waals surface area (Å²) in [5.41, 5.74) is 2.23. The zero-order valence-electron chi connectivity index (χ0n) is 16.1. The van der Waals surface area contributed by atoms with Crippen LogP contribution in [0.1, 0.15) is 48.2 Å². The molecule has 1 saturated heterocycles. The maximum atomic E-state index is 11.9. The number of nitrogens with zero attached hydrogens (tertiary/aromatic N) is 1. The summed E-state index contributed by atoms with van der Waals surface area (Å²) >= 11 is 1.68. The first-order valence-electron chi connectivity index (χ1n) is 9.39. The molecular formula is C21H27NO4S. The molecule has 1 aromatic heterocycles. The lowest BCUT2D eigenvalue weighted by Crippen LogP contribution is -2.46. The van der Waals surface area contributed by atoms with E-state index >= 15 is 0 Å². The van der Waals surface area contributed by atoms with Gasteiger partial charge in [-0.2, -0.15) is 0 Å². The van der Waals surface area contributed by atoms with Crippen molar-refractivity contribution in [2.75, 3.05) is 20.3 Å². The summed E-state index contributed by atoms with van der Waals surface area (Å²) < 4.78 is 11.2. The zero-order chi connectivity index (χ0) is 19.4. The number of carboxylic acid groups (broad SMARTS) is 1. The fourth-order valence-electron chi connectivity index (χ4n) is 3.77. The second kappa shape index (κ2) is 8.76. The highest BCUT2D eigenvalue weighted by molar-refractivity contribution is 7.10. The van der Waals surface area contributed by atoms with Gasteiger partial charge in [0.15, 0.2) is 11.5 Å². The van der Waals surface area contributed by atoms with Gasteiger partial charge in [-0.15, -0.1) is 11.3 Å². The number of carboxylic acids is 1. The molecule has 0 spiro atoms. The van der Waals surface area contributed by atoms with Crippen LogP contribution in [0.4, 0.5) is 0 Å². The van der Waals surface area contributed by atoms with Gasteiger partial charge in [-0.05, 0) is 67.9 Å². The van der Waals surface area contributed by atoms with Crippen LogP contribution in [0.25, 0.3) is 0 Å². The molecule has 0 radical (unpaired) electrons. The van der Waals surface area contributed by atoms with Gasteiger partial charge in [0.05, 0.1) is 19.8 Å². The molecule has 1 aliphatic rings. The summed E-state index contributed by atoms with van der Waals surface area (Å²) in [5.74, 6) is 0.640. The standard InChI is InChI=1S/C21H27NO4S/c1-4-26-17-9-8-15(12-18(17)25-3)20(19-11-14(2)13-27-19)22-10-6-5-7-16(22)21(23)24/h8-9,11-13,16,20H,4-7,10H2,1-3H3,(H,23,24). The molecule has 146 valence electrons. The van der Waals surface area contributed by atoms with Crippen molar-refractivity contribution in [1.82, 2.24) is 4.90 Å². The number of aliphatic carboxylic acids is 1. The monoisotopic (exact) mass is 389 g/mol. The maximum absolute atomic E-state index is 11.9. The van der Waals surface area contributed by atoms with Crippen LogP contribution in [-0.2, 0) is 4.79 Å². The van der Waals surface area contributed by atoms with Gasteiger partial charge in [-0.1, -0.05) is 12.5 Å². The van der Waals surface area contributed by atoms with Gasteiger partial charge in [0.25, 0.3) is 0 Å². The molecule has 0 aliphatic carbocycles. The lowest BCUT2D eigenvalue weighted by molar-refractivity contribution is -0.145. The minimum Gasteiger partial charge on any atom is -0.493 e. The number of rotatable bonds is 7. The van der Waals surface area contributed by atoms with E-state index in [0.29, 0.717) is 24.5 Å². The van der Waals surface area contributed by atoms with E-state index < -0.39 is 12.0 Å². The zero-order valence-corrected chi connectivity index (χ0v) is 16.9. The number of methoxy groups -OCH3 is 1. The first-order chi connectivity index (χ1) is 13.0. The van der Waals surface area contributed by atoms with Gasteiger partial charge < -0.3 is 14.6 Å². The molecule has 2 heterocycles. The summed E-state index contributed by atoms with van der Waals surface area (Å²) in [7, 11) is 1.63. The quantitative estimate of drug-likeness (QED) is 0.756. The third-order valence-corrected chi connectivity index (χ3v) is 6.09. The van der Waals surface area contributed by atoms with Crippen LogP contribution < -0.4 is 9.47 Å². The maximum Gasteiger partial charge on any atom is 0.320 e. The largest absolute Gasteiger partial charge is 0.493 e. The molecule has 1 fully saturated rings. The number of piperidine rings is 1. The molecule has 1 N–H and O–H groups in total. The Morgan fingerprint density at radius 1 is 1.33 bits per heavy atom. The van der Waals surface area contributed by atoms with Gasteiger partial charge in [0.1, 0.15) is 6.04 Å². The lowest BCUT2D eigenvalue weighted by atomic mass is 9.95. The number of ether oxygens (including phenoxy) is 2. The molecule has 2 unspecified atom stereocenters. The molecule has 0 amide bonds. The van der Waals surface area contributed by atoms with Gasteiger partial charge in [0.2, 0.25) is 0 Å². The first-order valence-corrected chi connectivity index (χ1v) is 10.3. The smallest absolute Gasteiger partial charge is 0.320 e. The van der Waals surface area contributed by atoms with Crippen molar-refractivity contribution in [3.63, 3.8) is 0 Å². The first kappa shape index (κ1) is 19.7. The molecule has 5 nitrogen and oxygen atoms in total. The summed E-state index contributed by atoms with van der Waals surface area (Å²) in [5, 5.41) is 11.9. The molecule has 2 atom stereocenters. The average Bonchev–Trinajstić information content (AvgIpc) is 3.09. The summed E-state index contributed by atoms with van der Waals surface area (Å²) in [6.07, 6.45) is 2.65. The predicted octanol–water partition coefficient (Wildman–Crippen LogP) is 4.49. The van der Waals surface area contributed by atoms with Crippen molar-refractivity contribution in [2.24, 2.45) is 0 Å². The molecular weight excluding hydrogens is 362 g/mol. The Kier molecular flexibility index (Phi) is 6.39. The third kappa shape index (κ3) is 4.28. The Bertz CT molecular complexity index is 788. The van der Waals surface area contributed by atoms with E-state index in [0.717, 1.165) is 29.8 Å². The average molecular weight is 390 g/mol. The van der Waals surface area contributed by atoms with Crippen LogP contribution in [0.2, 0.25) is 0 Å². The van der Waals surface area contributed by atoms with E-state index in [9.17, 15) is 9.90 Å². The third-order valence-electron chi connectivity index (χ3n) is 4.98. The van der Waals surface area contributed by atoms with Crippen molar-refractivity contribution in [3.05, 3.63) is 45.6 Å². The molecule has 0 saturated carbocycles. The summed E-state index contributed by atoms with van der Waals surface area (Å²) in [6.45, 7) is 5.35. The molecule has 2 aromatic rings. The SMILES string of the molecule is CCOc1ccc(C(c2cc(C)cs2)N2CCCCC2C(=O)O)cc1OC. The van der Waals surface area contributed by atoms with Gasteiger partial charge in [-0.3, -0.25) is 9.69 Å². The van der Waals surface area contributed by atoms with E-state index in [-0.39, 0.29) is 6.04 Å². The van der Waals surface area contributed by atoms with E-state index in [1.165, 1.54) is 5.56 Å². The normalized spacial score (nSPS) is 18.9. The predicted molar refractivity (Wildman–Crippen MR) is 107 cm³/mol. The van der Waals surface area contributed by atoms with Crippen molar-refractivity contribution >= 4 is 17.3 Å². The highest BCUT2D eigenvalue weighted by Crippen LogP contribution is 2.40. The number of likely N-dealkylation sites (tertiary alicyclic amines) is 1. The fourth-order valence-corrected chi connectivity index (χ4v) is 4.82. The van der Waals surface area contributed by atoms with Crippen LogP contribution >= 0.6 is 11.3 Å². The van der Waals surface area contributed by atoms with Crippen LogP contribution in [0.15, 0.2) is 29.6 Å². The van der Waals surface area contributed by atoms with E-state index in [4.69, 9.17) is 9.47 Å². The van der Waals surface area contributed by atoms with Crippen molar-refractivity contribution in [3.8, 4) is 11.5 Å². The van der Waals surface area contributed by atoms with E-state index in [1.54, 1.807) is 18.4 Å². The minimum absolute atomic E-state index is 0.102. The van der Waals surface area contributed by atoms with Crippen molar-refractivity contribution in [1.29, 1.82) is 0 Å². The number of thiophene rings is 1. The number of benzene rings is 1. The van der Waals surface area contributed by atoms with Gasteiger partial charge >= 0.3 is 5.97 Å². The summed E-state index contributed by atoms with van der Waals surface area (Å²) in [6, 6.07) is 7.52. The summed E-state index contributed by atoms with van der Waals surface area (Å²) in [4.78, 5) is 15.2. The molecule has 3 rings (SSSR count). The van der Waals surface area contributed by atoms with Crippen molar-refractivity contribution < 1.29 is 19.4 Å². The molecule has 27 heavy (non-hydrogen) atoms. The Hall–Kier alpha value is -2.05. The highest BCUT2D eigenvalue weighted by Gasteiger charge is 2.36. The number of hydrogen-bond acceptors (Lipinski definition) is 5. The highest BCUT2D eigenvalue weighted by atomic mass is 32.1. The van der Waals surface area contributed by atoms with Gasteiger partial charge in [-0.25, -0.2) is 0 Å². The Morgan fingerprint density at radius 2 is 2.15 bits per heavy atom.